The van der Waals surface area contributed by atoms with Crippen molar-refractivity contribution in [2.75, 3.05) is 6.54 Å². The van der Waals surface area contributed by atoms with E-state index in [1.54, 1.807) is 0 Å². The van der Waals surface area contributed by atoms with Crippen LogP contribution in [0.1, 0.15) is 53.2 Å². The molecule has 1 heterocycles. The van der Waals surface area contributed by atoms with Gasteiger partial charge < -0.3 is 14.8 Å². The fraction of sp³-hybridized carbons (Fsp3) is 0.571. The molecule has 1 amide bonds. The smallest absolute Gasteiger partial charge is 0.371 e. The highest BCUT2D eigenvalue weighted by Crippen LogP contribution is 2.56. The first-order valence-electron chi connectivity index (χ1n) is 6.72. The lowest BCUT2D eigenvalue weighted by atomic mass is 9.65. The first kappa shape index (κ1) is 12.3. The maximum Gasteiger partial charge on any atom is 0.371 e. The van der Waals surface area contributed by atoms with Crippen LogP contribution in [0, 0.1) is 11.3 Å². The number of hydrogen-bond acceptors (Lipinski definition) is 3. The van der Waals surface area contributed by atoms with Crippen LogP contribution in [0.3, 0.4) is 0 Å². The van der Waals surface area contributed by atoms with E-state index in [2.05, 4.69) is 5.32 Å². The second-order valence-electron chi connectivity index (χ2n) is 5.64. The lowest BCUT2D eigenvalue weighted by Crippen LogP contribution is -2.43. The van der Waals surface area contributed by atoms with Gasteiger partial charge in [-0.1, -0.05) is 6.42 Å². The summed E-state index contributed by atoms with van der Waals surface area (Å²) in [6.45, 7) is 0.680. The van der Waals surface area contributed by atoms with Crippen LogP contribution < -0.4 is 5.32 Å². The van der Waals surface area contributed by atoms with Crippen LogP contribution in [0.2, 0.25) is 0 Å². The van der Waals surface area contributed by atoms with Crippen molar-refractivity contribution in [2.45, 2.75) is 32.1 Å². The molecular formula is C14H17NO4. The van der Waals surface area contributed by atoms with E-state index in [1.807, 2.05) is 0 Å². The summed E-state index contributed by atoms with van der Waals surface area (Å²) in [4.78, 5) is 22.6. The average molecular weight is 263 g/mol. The van der Waals surface area contributed by atoms with Crippen molar-refractivity contribution >= 4 is 11.9 Å². The molecule has 3 rings (SSSR count). The minimum atomic E-state index is -1.16. The van der Waals surface area contributed by atoms with Crippen molar-refractivity contribution in [3.05, 3.63) is 23.7 Å². The fourth-order valence-corrected chi connectivity index (χ4v) is 2.97. The second kappa shape index (κ2) is 4.40. The van der Waals surface area contributed by atoms with E-state index in [-0.39, 0.29) is 17.4 Å². The molecule has 0 aliphatic heterocycles. The lowest BCUT2D eigenvalue weighted by molar-refractivity contribution is 0.0656. The standard InChI is InChI=1S/C14H17NO4/c16-12(10-4-5-11(19-10)13(17)18)15-8-14(6-1-7-14)9-2-3-9/h4-5,9H,1-3,6-8H2,(H,15,16)(H,17,18). The Kier molecular flexibility index (Phi) is 2.84. The highest BCUT2D eigenvalue weighted by Gasteiger charge is 2.48. The molecule has 0 aromatic carbocycles. The third-order valence-electron chi connectivity index (χ3n) is 4.43. The summed E-state index contributed by atoms with van der Waals surface area (Å²) in [5, 5.41) is 11.6. The van der Waals surface area contributed by atoms with Gasteiger partial charge >= 0.3 is 5.97 Å². The van der Waals surface area contributed by atoms with E-state index >= 15 is 0 Å². The van der Waals surface area contributed by atoms with Gasteiger partial charge in [-0.05, 0) is 49.1 Å². The zero-order chi connectivity index (χ0) is 13.5. The Morgan fingerprint density at radius 3 is 2.47 bits per heavy atom. The first-order chi connectivity index (χ1) is 9.11. The molecule has 2 fully saturated rings. The Hall–Kier alpha value is -1.78. The van der Waals surface area contributed by atoms with Crippen LogP contribution in [0.15, 0.2) is 16.5 Å². The van der Waals surface area contributed by atoms with Crippen molar-refractivity contribution in [1.82, 2.24) is 5.32 Å². The van der Waals surface area contributed by atoms with Crippen LogP contribution >= 0.6 is 0 Å². The van der Waals surface area contributed by atoms with Gasteiger partial charge in [0.15, 0.2) is 5.76 Å². The minimum Gasteiger partial charge on any atom is -0.475 e. The predicted molar refractivity (Wildman–Crippen MR) is 67.0 cm³/mol. The number of furan rings is 1. The van der Waals surface area contributed by atoms with Crippen molar-refractivity contribution in [3.8, 4) is 0 Å². The fourth-order valence-electron chi connectivity index (χ4n) is 2.97. The molecular weight excluding hydrogens is 246 g/mol. The van der Waals surface area contributed by atoms with Gasteiger partial charge in [-0.3, -0.25) is 4.79 Å². The van der Waals surface area contributed by atoms with E-state index in [4.69, 9.17) is 9.52 Å². The normalized spacial score (nSPS) is 20.6. The summed E-state index contributed by atoms with van der Waals surface area (Å²) >= 11 is 0. The highest BCUT2D eigenvalue weighted by atomic mass is 16.4. The van der Waals surface area contributed by atoms with E-state index in [9.17, 15) is 9.59 Å². The zero-order valence-corrected chi connectivity index (χ0v) is 10.6. The molecule has 5 nitrogen and oxygen atoms in total. The van der Waals surface area contributed by atoms with Crippen LogP contribution in [-0.2, 0) is 0 Å². The number of amides is 1. The molecule has 19 heavy (non-hydrogen) atoms. The number of aromatic carboxylic acids is 1. The maximum atomic E-state index is 11.9. The molecule has 0 bridgehead atoms. The lowest BCUT2D eigenvalue weighted by Gasteiger charge is -2.42. The summed E-state index contributed by atoms with van der Waals surface area (Å²) in [7, 11) is 0. The van der Waals surface area contributed by atoms with E-state index < -0.39 is 5.97 Å². The van der Waals surface area contributed by atoms with Crippen molar-refractivity contribution < 1.29 is 19.1 Å². The molecule has 5 heteroatoms. The van der Waals surface area contributed by atoms with Gasteiger partial charge in [0.1, 0.15) is 0 Å². The number of carboxylic acid groups (broad SMARTS) is 1. The van der Waals surface area contributed by atoms with Gasteiger partial charge in [0, 0.05) is 6.54 Å². The Labute approximate surface area is 111 Å². The Bertz CT molecular complexity index is 511. The number of hydrogen-bond donors (Lipinski definition) is 2. The molecule has 0 unspecified atom stereocenters. The molecule has 102 valence electrons. The van der Waals surface area contributed by atoms with E-state index in [0.29, 0.717) is 12.0 Å². The zero-order valence-electron chi connectivity index (χ0n) is 10.6. The number of carbonyl (C=O) groups is 2. The summed E-state index contributed by atoms with van der Waals surface area (Å²) in [6, 6.07) is 2.71. The van der Waals surface area contributed by atoms with Gasteiger partial charge in [-0.25, -0.2) is 4.79 Å². The minimum absolute atomic E-state index is 0.0719. The SMILES string of the molecule is O=C(O)c1ccc(C(=O)NCC2(C3CC3)CCC2)o1. The summed E-state index contributed by atoms with van der Waals surface area (Å²) < 4.78 is 4.99. The number of carboxylic acids is 1. The maximum absolute atomic E-state index is 11.9. The predicted octanol–water partition coefficient (Wildman–Crippen LogP) is 2.29. The van der Waals surface area contributed by atoms with Crippen LogP contribution in [0.4, 0.5) is 0 Å². The highest BCUT2D eigenvalue weighted by molar-refractivity contribution is 5.93. The summed E-state index contributed by atoms with van der Waals surface area (Å²) in [6.07, 6.45) is 6.18. The molecule has 0 saturated heterocycles. The van der Waals surface area contributed by atoms with Gasteiger partial charge in [-0.2, -0.15) is 0 Å². The third kappa shape index (κ3) is 2.25. The quantitative estimate of drug-likeness (QED) is 0.854. The van der Waals surface area contributed by atoms with E-state index in [1.165, 1.54) is 44.2 Å². The summed E-state index contributed by atoms with van der Waals surface area (Å²) in [5.41, 5.74) is 0.303. The molecule has 1 aromatic rings. The van der Waals surface area contributed by atoms with Crippen LogP contribution in [0.5, 0.6) is 0 Å². The van der Waals surface area contributed by atoms with Gasteiger partial charge in [0.05, 0.1) is 0 Å². The molecule has 2 N–H and O–H groups in total. The molecule has 0 radical (unpaired) electrons. The van der Waals surface area contributed by atoms with Crippen LogP contribution in [0.25, 0.3) is 0 Å². The van der Waals surface area contributed by atoms with Crippen molar-refractivity contribution in [2.24, 2.45) is 11.3 Å². The molecule has 1 aromatic heterocycles. The van der Waals surface area contributed by atoms with Gasteiger partial charge in [-0.15, -0.1) is 0 Å². The topological polar surface area (TPSA) is 79.5 Å². The Morgan fingerprint density at radius 1 is 1.32 bits per heavy atom. The first-order valence-corrected chi connectivity index (χ1v) is 6.72. The van der Waals surface area contributed by atoms with Crippen molar-refractivity contribution in [3.63, 3.8) is 0 Å². The monoisotopic (exact) mass is 263 g/mol. The van der Waals surface area contributed by atoms with Gasteiger partial charge in [0.2, 0.25) is 5.76 Å². The third-order valence-corrected chi connectivity index (χ3v) is 4.43. The van der Waals surface area contributed by atoms with Crippen molar-refractivity contribution in [1.29, 1.82) is 0 Å². The number of nitrogens with one attached hydrogen (secondary N) is 1. The largest absolute Gasteiger partial charge is 0.475 e. The number of rotatable bonds is 5. The Balaban J connectivity index is 1.60. The molecule has 2 saturated carbocycles. The van der Waals surface area contributed by atoms with Gasteiger partial charge in [0.25, 0.3) is 5.91 Å². The molecule has 0 atom stereocenters. The average Bonchev–Trinajstić information content (AvgIpc) is 3.04. The molecule has 0 spiro atoms. The van der Waals surface area contributed by atoms with Crippen LogP contribution in [-0.4, -0.2) is 23.5 Å². The number of carbonyl (C=O) groups excluding carboxylic acids is 1. The Morgan fingerprint density at radius 2 is 2.00 bits per heavy atom. The molecule has 2 aliphatic carbocycles. The summed E-state index contributed by atoms with van der Waals surface area (Å²) in [5.74, 6) is -0.840. The second-order valence-corrected chi connectivity index (χ2v) is 5.64. The molecule has 2 aliphatic rings. The van der Waals surface area contributed by atoms with E-state index in [0.717, 1.165) is 5.92 Å².